The molecule has 0 unspecified atom stereocenters. The summed E-state index contributed by atoms with van der Waals surface area (Å²) >= 11 is 0. The van der Waals surface area contributed by atoms with E-state index in [-0.39, 0.29) is 5.91 Å². The lowest BCUT2D eigenvalue weighted by molar-refractivity contribution is 0.0949. The molecule has 0 bridgehead atoms. The SMILES string of the molecule is CCCNC(=O)c1cc(Nc2cc(C)ccc2OC)ccn1. The van der Waals surface area contributed by atoms with Crippen LogP contribution >= 0.6 is 0 Å². The van der Waals surface area contributed by atoms with Gasteiger partial charge in [-0.15, -0.1) is 0 Å². The van der Waals surface area contributed by atoms with Gasteiger partial charge >= 0.3 is 0 Å². The van der Waals surface area contributed by atoms with Crippen molar-refractivity contribution in [3.8, 4) is 5.75 Å². The number of hydrogen-bond donors (Lipinski definition) is 2. The Morgan fingerprint density at radius 1 is 1.27 bits per heavy atom. The molecule has 5 nitrogen and oxygen atoms in total. The summed E-state index contributed by atoms with van der Waals surface area (Å²) in [5.74, 6) is 0.584. The second kappa shape index (κ2) is 7.45. The smallest absolute Gasteiger partial charge is 0.269 e. The van der Waals surface area contributed by atoms with Crippen LogP contribution in [-0.2, 0) is 0 Å². The Morgan fingerprint density at radius 3 is 2.82 bits per heavy atom. The number of anilines is 2. The second-order valence-electron chi connectivity index (χ2n) is 5.01. The predicted molar refractivity (Wildman–Crippen MR) is 87.9 cm³/mol. The van der Waals surface area contributed by atoms with Gasteiger partial charge in [0.05, 0.1) is 12.8 Å². The van der Waals surface area contributed by atoms with E-state index in [4.69, 9.17) is 4.74 Å². The molecule has 2 N–H and O–H groups in total. The minimum Gasteiger partial charge on any atom is -0.495 e. The largest absolute Gasteiger partial charge is 0.495 e. The van der Waals surface area contributed by atoms with Crippen molar-refractivity contribution < 1.29 is 9.53 Å². The highest BCUT2D eigenvalue weighted by Gasteiger charge is 2.08. The topological polar surface area (TPSA) is 63.2 Å². The summed E-state index contributed by atoms with van der Waals surface area (Å²) in [4.78, 5) is 16.1. The van der Waals surface area contributed by atoms with E-state index in [1.54, 1.807) is 19.4 Å². The summed E-state index contributed by atoms with van der Waals surface area (Å²) in [6.07, 6.45) is 2.51. The Hall–Kier alpha value is -2.56. The normalized spacial score (nSPS) is 10.1. The van der Waals surface area contributed by atoms with Gasteiger partial charge in [-0.25, -0.2) is 0 Å². The maximum Gasteiger partial charge on any atom is 0.269 e. The van der Waals surface area contributed by atoms with Crippen molar-refractivity contribution in [2.75, 3.05) is 19.0 Å². The first-order chi connectivity index (χ1) is 10.6. The first-order valence-corrected chi connectivity index (χ1v) is 7.30. The number of pyridine rings is 1. The number of aryl methyl sites for hydroxylation is 1. The summed E-state index contributed by atoms with van der Waals surface area (Å²) in [5.41, 5.74) is 3.16. The van der Waals surface area contributed by atoms with E-state index in [1.165, 1.54) is 0 Å². The number of nitrogens with zero attached hydrogens (tertiary/aromatic N) is 1. The van der Waals surface area contributed by atoms with Gasteiger partial charge in [0.25, 0.3) is 5.91 Å². The summed E-state index contributed by atoms with van der Waals surface area (Å²) in [7, 11) is 1.63. The van der Waals surface area contributed by atoms with Gasteiger partial charge < -0.3 is 15.4 Å². The lowest BCUT2D eigenvalue weighted by Crippen LogP contribution is -2.24. The van der Waals surface area contributed by atoms with Crippen LogP contribution in [-0.4, -0.2) is 24.5 Å². The van der Waals surface area contributed by atoms with Crippen molar-refractivity contribution in [1.29, 1.82) is 0 Å². The van der Waals surface area contributed by atoms with Gasteiger partial charge in [0.15, 0.2) is 0 Å². The number of benzene rings is 1. The summed E-state index contributed by atoms with van der Waals surface area (Å²) < 4.78 is 5.35. The third kappa shape index (κ3) is 3.97. The van der Waals surface area contributed by atoms with E-state index < -0.39 is 0 Å². The molecule has 1 heterocycles. The second-order valence-corrected chi connectivity index (χ2v) is 5.01. The molecule has 5 heteroatoms. The Labute approximate surface area is 130 Å². The van der Waals surface area contributed by atoms with E-state index in [2.05, 4.69) is 15.6 Å². The first kappa shape index (κ1) is 15.8. The number of ether oxygens (including phenoxy) is 1. The molecule has 0 atom stereocenters. The molecule has 0 aliphatic rings. The Kier molecular flexibility index (Phi) is 5.36. The highest BCUT2D eigenvalue weighted by Crippen LogP contribution is 2.28. The molecule has 0 saturated carbocycles. The standard InChI is InChI=1S/C17H21N3O2/c1-4-8-19-17(21)15-11-13(7-9-18-15)20-14-10-12(2)5-6-16(14)22-3/h5-7,9-11H,4,8H2,1-3H3,(H,18,20)(H,19,21). The average Bonchev–Trinajstić information content (AvgIpc) is 2.53. The van der Waals surface area contributed by atoms with E-state index >= 15 is 0 Å². The fourth-order valence-corrected chi connectivity index (χ4v) is 2.04. The number of methoxy groups -OCH3 is 1. The molecule has 0 spiro atoms. The lowest BCUT2D eigenvalue weighted by atomic mass is 10.2. The molecule has 0 aliphatic carbocycles. The monoisotopic (exact) mass is 299 g/mol. The number of aromatic nitrogens is 1. The van der Waals surface area contributed by atoms with Crippen LogP contribution in [0.25, 0.3) is 0 Å². The quantitative estimate of drug-likeness (QED) is 0.859. The number of rotatable bonds is 6. The highest BCUT2D eigenvalue weighted by atomic mass is 16.5. The van der Waals surface area contributed by atoms with Crippen LogP contribution in [0.1, 0.15) is 29.4 Å². The zero-order chi connectivity index (χ0) is 15.9. The maximum atomic E-state index is 12.0. The molecule has 0 fully saturated rings. The minimum atomic E-state index is -0.165. The molecule has 0 radical (unpaired) electrons. The lowest BCUT2D eigenvalue weighted by Gasteiger charge is -2.12. The van der Waals surface area contributed by atoms with Crippen molar-refractivity contribution in [2.24, 2.45) is 0 Å². The molecule has 2 aromatic rings. The minimum absolute atomic E-state index is 0.165. The van der Waals surface area contributed by atoms with Crippen LogP contribution in [0.3, 0.4) is 0 Å². The number of nitrogens with one attached hydrogen (secondary N) is 2. The van der Waals surface area contributed by atoms with Crippen molar-refractivity contribution in [1.82, 2.24) is 10.3 Å². The summed E-state index contributed by atoms with van der Waals surface area (Å²) in [6, 6.07) is 9.44. The third-order valence-electron chi connectivity index (χ3n) is 3.16. The molecule has 1 amide bonds. The van der Waals surface area contributed by atoms with Gasteiger partial charge in [0.2, 0.25) is 0 Å². The Bertz CT molecular complexity index is 656. The third-order valence-corrected chi connectivity index (χ3v) is 3.16. The zero-order valence-corrected chi connectivity index (χ0v) is 13.1. The van der Waals surface area contributed by atoms with Gasteiger partial charge in [0, 0.05) is 18.4 Å². The van der Waals surface area contributed by atoms with Crippen LogP contribution < -0.4 is 15.4 Å². The number of amides is 1. The average molecular weight is 299 g/mol. The van der Waals surface area contributed by atoms with E-state index in [1.807, 2.05) is 38.1 Å². The van der Waals surface area contributed by atoms with Gasteiger partial charge in [-0.2, -0.15) is 0 Å². The van der Waals surface area contributed by atoms with Gasteiger partial charge in [-0.3, -0.25) is 9.78 Å². The van der Waals surface area contributed by atoms with Crippen LogP contribution in [0.2, 0.25) is 0 Å². The fraction of sp³-hybridized carbons (Fsp3) is 0.294. The molecule has 2 rings (SSSR count). The number of hydrogen-bond acceptors (Lipinski definition) is 4. The van der Waals surface area contributed by atoms with E-state index in [9.17, 15) is 4.79 Å². The van der Waals surface area contributed by atoms with Crippen LogP contribution in [0, 0.1) is 6.92 Å². The molecule has 116 valence electrons. The number of carbonyl (C=O) groups is 1. The van der Waals surface area contributed by atoms with Gasteiger partial charge in [-0.05, 0) is 43.2 Å². The van der Waals surface area contributed by atoms with E-state index in [0.717, 1.165) is 29.1 Å². The number of carbonyl (C=O) groups excluding carboxylic acids is 1. The summed E-state index contributed by atoms with van der Waals surface area (Å²) in [6.45, 7) is 4.67. The molecule has 22 heavy (non-hydrogen) atoms. The maximum absolute atomic E-state index is 12.0. The van der Waals surface area contributed by atoms with Crippen LogP contribution in [0.5, 0.6) is 5.75 Å². The molecule has 1 aromatic heterocycles. The van der Waals surface area contributed by atoms with Crippen molar-refractivity contribution in [3.63, 3.8) is 0 Å². The van der Waals surface area contributed by atoms with Gasteiger partial charge in [-0.1, -0.05) is 13.0 Å². The summed E-state index contributed by atoms with van der Waals surface area (Å²) in [5, 5.41) is 6.09. The van der Waals surface area contributed by atoms with Crippen molar-refractivity contribution >= 4 is 17.3 Å². The van der Waals surface area contributed by atoms with Crippen molar-refractivity contribution in [2.45, 2.75) is 20.3 Å². The Balaban J connectivity index is 2.20. The molecule has 1 aromatic carbocycles. The predicted octanol–water partition coefficient (Wildman–Crippen LogP) is 3.28. The van der Waals surface area contributed by atoms with Crippen molar-refractivity contribution in [3.05, 3.63) is 47.8 Å². The first-order valence-electron chi connectivity index (χ1n) is 7.30. The fourth-order valence-electron chi connectivity index (χ4n) is 2.04. The molecular formula is C17H21N3O2. The van der Waals surface area contributed by atoms with Crippen LogP contribution in [0.4, 0.5) is 11.4 Å². The molecule has 0 saturated heterocycles. The molecular weight excluding hydrogens is 278 g/mol. The molecule has 0 aliphatic heterocycles. The van der Waals surface area contributed by atoms with Gasteiger partial charge in [0.1, 0.15) is 11.4 Å². The van der Waals surface area contributed by atoms with E-state index in [0.29, 0.717) is 12.2 Å². The van der Waals surface area contributed by atoms with Crippen LogP contribution in [0.15, 0.2) is 36.5 Å². The Morgan fingerprint density at radius 2 is 2.09 bits per heavy atom. The zero-order valence-electron chi connectivity index (χ0n) is 13.1. The highest BCUT2D eigenvalue weighted by molar-refractivity contribution is 5.93.